The van der Waals surface area contributed by atoms with E-state index in [-0.39, 0.29) is 0 Å². The van der Waals surface area contributed by atoms with Crippen molar-refractivity contribution in [3.05, 3.63) is 194 Å². The molecule has 3 heterocycles. The van der Waals surface area contributed by atoms with E-state index in [2.05, 4.69) is 160 Å². The number of benzene rings is 8. The standard InChI is InChI=1S/C56H44BN5O2/c1-55(2)56(3,4)64-57(63-55)48-25-13-22-42(34-48)44-29-30-50-45(32-44)27-28-47-36-58-62(51(47)50)49-26-14-23-43(35-49)40-20-11-19-39(31-40)41-21-12-24-46(33-41)54-60-52(37-15-7-5-8-16-37)59-53(61-54)38-17-9-6-10-18-38/h5-36H,1-4H3. The molecule has 1 aliphatic rings. The molecule has 308 valence electrons. The smallest absolute Gasteiger partial charge is 0.399 e. The largest absolute Gasteiger partial charge is 0.494 e. The molecule has 1 aliphatic heterocycles. The van der Waals surface area contributed by atoms with E-state index in [0.29, 0.717) is 17.5 Å². The van der Waals surface area contributed by atoms with Crippen LogP contribution in [0, 0.1) is 0 Å². The van der Waals surface area contributed by atoms with Gasteiger partial charge >= 0.3 is 7.12 Å². The highest BCUT2D eigenvalue weighted by Crippen LogP contribution is 2.38. The van der Waals surface area contributed by atoms with Crippen LogP contribution in [0.15, 0.2) is 194 Å². The molecule has 64 heavy (non-hydrogen) atoms. The van der Waals surface area contributed by atoms with Gasteiger partial charge in [0.05, 0.1) is 28.6 Å². The van der Waals surface area contributed by atoms with Crippen molar-refractivity contribution in [2.24, 2.45) is 0 Å². The Morgan fingerprint density at radius 1 is 0.406 bits per heavy atom. The first kappa shape index (κ1) is 39.3. The van der Waals surface area contributed by atoms with Crippen LogP contribution >= 0.6 is 0 Å². The van der Waals surface area contributed by atoms with Crippen molar-refractivity contribution in [2.75, 3.05) is 0 Å². The van der Waals surface area contributed by atoms with Gasteiger partial charge in [-0.05, 0) is 102 Å². The number of fused-ring (bicyclic) bond motifs is 3. The summed E-state index contributed by atoms with van der Waals surface area (Å²) in [7, 11) is -0.417. The summed E-state index contributed by atoms with van der Waals surface area (Å²) < 4.78 is 14.8. The lowest BCUT2D eigenvalue weighted by Gasteiger charge is -2.32. The third kappa shape index (κ3) is 7.26. The maximum atomic E-state index is 6.38. The summed E-state index contributed by atoms with van der Waals surface area (Å²) in [6.45, 7) is 8.35. The SMILES string of the molecule is CC1(C)OB(c2cccc(-c3ccc4c(ccc5cnn(-c6cccc(-c7cccc(-c8cccc(-c9nc(-c%10ccccc%10)nc(-c%10ccccc%10)n9)c8)c7)c6)c54)c3)c2)OC1(C)C. The fourth-order valence-corrected chi connectivity index (χ4v) is 8.54. The maximum absolute atomic E-state index is 6.38. The van der Waals surface area contributed by atoms with Crippen molar-refractivity contribution in [3.63, 3.8) is 0 Å². The van der Waals surface area contributed by atoms with Crippen LogP contribution in [0.4, 0.5) is 0 Å². The Labute approximate surface area is 373 Å². The monoisotopic (exact) mass is 829 g/mol. The number of aromatic nitrogens is 5. The number of hydrogen-bond donors (Lipinski definition) is 0. The van der Waals surface area contributed by atoms with E-state index in [0.717, 1.165) is 82.9 Å². The van der Waals surface area contributed by atoms with E-state index in [4.69, 9.17) is 29.4 Å². The molecule has 2 aromatic heterocycles. The number of rotatable bonds is 8. The average Bonchev–Trinajstić information content (AvgIpc) is 3.88. The molecule has 0 atom stereocenters. The molecule has 0 spiro atoms. The minimum atomic E-state index is -0.417. The molecule has 1 saturated heterocycles. The van der Waals surface area contributed by atoms with Crippen molar-refractivity contribution in [2.45, 2.75) is 38.9 Å². The number of hydrogen-bond acceptors (Lipinski definition) is 6. The molecule has 8 heteroatoms. The van der Waals surface area contributed by atoms with Gasteiger partial charge in [-0.15, -0.1) is 0 Å². The Morgan fingerprint density at radius 3 is 1.50 bits per heavy atom. The van der Waals surface area contributed by atoms with Crippen LogP contribution in [0.1, 0.15) is 27.7 Å². The minimum Gasteiger partial charge on any atom is -0.399 e. The second kappa shape index (κ2) is 15.7. The molecule has 1 fully saturated rings. The zero-order valence-electron chi connectivity index (χ0n) is 36.1. The van der Waals surface area contributed by atoms with Gasteiger partial charge in [-0.2, -0.15) is 5.10 Å². The van der Waals surface area contributed by atoms with Crippen molar-refractivity contribution in [3.8, 4) is 73.2 Å². The quantitative estimate of drug-likeness (QED) is 0.142. The Morgan fingerprint density at radius 2 is 0.875 bits per heavy atom. The molecule has 0 aliphatic carbocycles. The molecular formula is C56H44BN5O2. The highest BCUT2D eigenvalue weighted by Gasteiger charge is 2.51. The summed E-state index contributed by atoms with van der Waals surface area (Å²) in [5, 5.41) is 8.30. The fraction of sp³-hybridized carbons (Fsp3) is 0.107. The minimum absolute atomic E-state index is 0.401. The Hall–Kier alpha value is -7.52. The van der Waals surface area contributed by atoms with Crippen molar-refractivity contribution in [1.29, 1.82) is 0 Å². The van der Waals surface area contributed by atoms with Crippen LogP contribution in [-0.4, -0.2) is 43.1 Å². The second-order valence-electron chi connectivity index (χ2n) is 17.5. The molecule has 7 nitrogen and oxygen atoms in total. The lowest BCUT2D eigenvalue weighted by Crippen LogP contribution is -2.41. The highest BCUT2D eigenvalue weighted by atomic mass is 16.7. The lowest BCUT2D eigenvalue weighted by atomic mass is 9.78. The Balaban J connectivity index is 0.905. The molecule has 10 aromatic rings. The fourth-order valence-electron chi connectivity index (χ4n) is 8.54. The third-order valence-corrected chi connectivity index (χ3v) is 12.7. The van der Waals surface area contributed by atoms with Gasteiger partial charge in [-0.25, -0.2) is 19.6 Å². The average molecular weight is 830 g/mol. The summed E-state index contributed by atoms with van der Waals surface area (Å²) in [5.41, 5.74) is 11.7. The summed E-state index contributed by atoms with van der Waals surface area (Å²) in [6.07, 6.45) is 1.95. The van der Waals surface area contributed by atoms with Crippen LogP contribution in [0.3, 0.4) is 0 Å². The van der Waals surface area contributed by atoms with Gasteiger partial charge in [0.15, 0.2) is 17.5 Å². The molecule has 0 unspecified atom stereocenters. The molecule has 0 bridgehead atoms. The molecule has 0 N–H and O–H groups in total. The Kier molecular flexibility index (Phi) is 9.64. The zero-order chi connectivity index (χ0) is 43.4. The van der Waals surface area contributed by atoms with Crippen molar-refractivity contribution >= 4 is 34.3 Å². The van der Waals surface area contributed by atoms with Gasteiger partial charge in [-0.3, -0.25) is 0 Å². The van der Waals surface area contributed by atoms with E-state index < -0.39 is 18.3 Å². The van der Waals surface area contributed by atoms with Crippen molar-refractivity contribution < 1.29 is 9.31 Å². The van der Waals surface area contributed by atoms with Crippen LogP contribution in [-0.2, 0) is 9.31 Å². The van der Waals surface area contributed by atoms with Gasteiger partial charge in [0.2, 0.25) is 0 Å². The summed E-state index contributed by atoms with van der Waals surface area (Å²) in [6, 6.07) is 65.4. The first-order valence-electron chi connectivity index (χ1n) is 21.7. The van der Waals surface area contributed by atoms with E-state index in [1.807, 2.05) is 66.9 Å². The predicted molar refractivity (Wildman–Crippen MR) is 260 cm³/mol. The predicted octanol–water partition coefficient (Wildman–Crippen LogP) is 12.7. The zero-order valence-corrected chi connectivity index (χ0v) is 36.1. The maximum Gasteiger partial charge on any atom is 0.494 e. The topological polar surface area (TPSA) is 75.0 Å². The van der Waals surface area contributed by atoms with Crippen LogP contribution in [0.2, 0.25) is 0 Å². The van der Waals surface area contributed by atoms with Gasteiger partial charge in [-0.1, -0.05) is 158 Å². The lowest BCUT2D eigenvalue weighted by molar-refractivity contribution is 0.00578. The van der Waals surface area contributed by atoms with Crippen LogP contribution in [0.25, 0.3) is 94.9 Å². The normalized spacial score (nSPS) is 14.3. The van der Waals surface area contributed by atoms with Crippen LogP contribution in [0.5, 0.6) is 0 Å². The van der Waals surface area contributed by atoms with E-state index in [1.54, 1.807) is 0 Å². The van der Waals surface area contributed by atoms with Gasteiger partial charge < -0.3 is 9.31 Å². The van der Waals surface area contributed by atoms with E-state index >= 15 is 0 Å². The van der Waals surface area contributed by atoms with Gasteiger partial charge in [0.1, 0.15) is 0 Å². The molecular weight excluding hydrogens is 785 g/mol. The van der Waals surface area contributed by atoms with Gasteiger partial charge in [0.25, 0.3) is 0 Å². The molecule has 0 saturated carbocycles. The first-order chi connectivity index (χ1) is 31.2. The number of nitrogens with zero attached hydrogens (tertiary/aromatic N) is 5. The molecule has 11 rings (SSSR count). The molecule has 0 radical (unpaired) electrons. The highest BCUT2D eigenvalue weighted by molar-refractivity contribution is 6.62. The third-order valence-electron chi connectivity index (χ3n) is 12.7. The van der Waals surface area contributed by atoms with E-state index in [9.17, 15) is 0 Å². The first-order valence-corrected chi connectivity index (χ1v) is 21.7. The van der Waals surface area contributed by atoms with Crippen molar-refractivity contribution in [1.82, 2.24) is 24.7 Å². The van der Waals surface area contributed by atoms with E-state index in [1.165, 1.54) is 0 Å². The Bertz CT molecular complexity index is 3290. The van der Waals surface area contributed by atoms with Gasteiger partial charge in [0, 0.05) is 27.5 Å². The molecule has 0 amide bonds. The summed E-state index contributed by atoms with van der Waals surface area (Å²) >= 11 is 0. The summed E-state index contributed by atoms with van der Waals surface area (Å²) in [5.74, 6) is 1.90. The second-order valence-corrected chi connectivity index (χ2v) is 17.5. The molecule has 8 aromatic carbocycles. The van der Waals surface area contributed by atoms with Crippen LogP contribution < -0.4 is 5.46 Å². The summed E-state index contributed by atoms with van der Waals surface area (Å²) in [4.78, 5) is 14.8.